The van der Waals surface area contributed by atoms with Gasteiger partial charge in [-0.15, -0.1) is 0 Å². The lowest BCUT2D eigenvalue weighted by Gasteiger charge is -2.29. The average molecular weight is 493 g/mol. The minimum Gasteiger partial charge on any atom is -0.382 e. The van der Waals surface area contributed by atoms with Crippen LogP contribution in [0.3, 0.4) is 0 Å². The fourth-order valence-corrected chi connectivity index (χ4v) is 5.07. The first-order valence-corrected chi connectivity index (χ1v) is 12.3. The maximum atomic E-state index is 12.3. The van der Waals surface area contributed by atoms with Crippen LogP contribution >= 0.6 is 0 Å². The molecule has 5 rings (SSSR count). The molecule has 3 aromatic rings. The van der Waals surface area contributed by atoms with Crippen molar-refractivity contribution in [2.24, 2.45) is 5.73 Å². The Bertz CT molecular complexity index is 1240. The van der Waals surface area contributed by atoms with Gasteiger partial charge >= 0.3 is 0 Å². The Hall–Kier alpha value is -3.38. The smallest absolute Gasteiger partial charge is 0.252 e. The normalized spacial score (nSPS) is 21.4. The van der Waals surface area contributed by atoms with E-state index in [1.807, 2.05) is 19.1 Å². The number of hydrogen-bond donors (Lipinski definition) is 5. The maximum absolute atomic E-state index is 12.3. The minimum absolute atomic E-state index is 0.352. The molecule has 11 heteroatoms. The summed E-state index contributed by atoms with van der Waals surface area (Å²) in [6, 6.07) is 3.81. The van der Waals surface area contributed by atoms with E-state index in [-0.39, 0.29) is 0 Å². The van der Waals surface area contributed by atoms with Crippen molar-refractivity contribution in [3.8, 4) is 22.5 Å². The van der Waals surface area contributed by atoms with Gasteiger partial charge in [0.2, 0.25) is 0 Å². The van der Waals surface area contributed by atoms with Gasteiger partial charge in [0.15, 0.2) is 5.82 Å². The van der Waals surface area contributed by atoms with Gasteiger partial charge in [-0.3, -0.25) is 9.78 Å². The van der Waals surface area contributed by atoms with E-state index >= 15 is 0 Å². The van der Waals surface area contributed by atoms with E-state index in [1.165, 1.54) is 5.06 Å². The SMILES string of the molecule is Cc1c(-c2ccnc(-c3cnc(C4(O)CCCN(O)CC4)nc3)c2)[nH]c(N2CCNCC2)c1C(N)=O. The average Bonchev–Trinajstić information content (AvgIpc) is 3.15. The Kier molecular flexibility index (Phi) is 6.71. The molecule has 36 heavy (non-hydrogen) atoms. The summed E-state index contributed by atoms with van der Waals surface area (Å²) < 4.78 is 0. The highest BCUT2D eigenvalue weighted by atomic mass is 16.5. The van der Waals surface area contributed by atoms with Gasteiger partial charge in [0.25, 0.3) is 5.91 Å². The number of nitrogens with one attached hydrogen (secondary N) is 2. The quantitative estimate of drug-likeness (QED) is 0.355. The number of amides is 1. The lowest BCUT2D eigenvalue weighted by molar-refractivity contribution is -0.0938. The molecular weight excluding hydrogens is 460 g/mol. The standard InChI is InChI=1S/C25H32N8O3/c1-16-20(22(26)34)23(32-11-7-27-8-12-32)31-21(16)17-3-6-28-19(13-17)18-14-29-24(30-15-18)25(35)4-2-9-33(36)10-5-25/h3,6,13-15,27,31,35-36H,2,4-5,7-12H2,1H3,(H2,26,34). The third kappa shape index (κ3) is 4.70. The number of aromatic nitrogens is 4. The molecule has 0 bridgehead atoms. The fraction of sp³-hybridized carbons (Fsp3) is 0.440. The predicted octanol–water partition coefficient (Wildman–Crippen LogP) is 1.41. The molecule has 1 unspecified atom stereocenters. The lowest BCUT2D eigenvalue weighted by atomic mass is 9.94. The molecule has 3 aromatic heterocycles. The van der Waals surface area contributed by atoms with E-state index in [0.29, 0.717) is 55.0 Å². The van der Waals surface area contributed by atoms with E-state index in [4.69, 9.17) is 5.73 Å². The number of rotatable bonds is 5. The van der Waals surface area contributed by atoms with Crippen LogP contribution in [0.25, 0.3) is 22.5 Å². The highest BCUT2D eigenvalue weighted by Gasteiger charge is 2.34. The summed E-state index contributed by atoms with van der Waals surface area (Å²) in [5, 5.41) is 25.4. The monoisotopic (exact) mass is 492 g/mol. The van der Waals surface area contributed by atoms with Crippen LogP contribution < -0.4 is 16.0 Å². The van der Waals surface area contributed by atoms with Gasteiger partial charge in [0.05, 0.1) is 17.0 Å². The number of pyridine rings is 1. The first-order valence-electron chi connectivity index (χ1n) is 12.3. The topological polar surface area (TPSA) is 157 Å². The molecular formula is C25H32N8O3. The van der Waals surface area contributed by atoms with Crippen molar-refractivity contribution in [1.82, 2.24) is 30.3 Å². The van der Waals surface area contributed by atoms with E-state index in [1.54, 1.807) is 18.6 Å². The van der Waals surface area contributed by atoms with Crippen molar-refractivity contribution in [1.29, 1.82) is 0 Å². The van der Waals surface area contributed by atoms with E-state index in [9.17, 15) is 15.1 Å². The maximum Gasteiger partial charge on any atom is 0.252 e. The number of aromatic amines is 1. The number of nitrogens with zero attached hydrogens (tertiary/aromatic N) is 5. The van der Waals surface area contributed by atoms with Crippen LogP contribution in [-0.2, 0) is 5.60 Å². The summed E-state index contributed by atoms with van der Waals surface area (Å²) in [6.45, 7) is 6.04. The van der Waals surface area contributed by atoms with E-state index in [0.717, 1.165) is 48.8 Å². The second-order valence-corrected chi connectivity index (χ2v) is 9.51. The summed E-state index contributed by atoms with van der Waals surface area (Å²) in [5.74, 6) is 0.646. The van der Waals surface area contributed by atoms with Gasteiger partial charge in [-0.25, -0.2) is 9.97 Å². The number of hydroxylamine groups is 2. The molecule has 2 aliphatic rings. The van der Waals surface area contributed by atoms with Crippen LogP contribution in [0.2, 0.25) is 0 Å². The van der Waals surface area contributed by atoms with Gasteiger partial charge in [0.1, 0.15) is 11.4 Å². The molecule has 0 saturated carbocycles. The Morgan fingerprint density at radius 2 is 1.83 bits per heavy atom. The molecule has 0 aromatic carbocycles. The van der Waals surface area contributed by atoms with Crippen molar-refractivity contribution in [2.45, 2.75) is 31.8 Å². The summed E-state index contributed by atoms with van der Waals surface area (Å²) in [6.07, 6.45) is 6.54. The Morgan fingerprint density at radius 3 is 2.56 bits per heavy atom. The Morgan fingerprint density at radius 1 is 1.08 bits per heavy atom. The van der Waals surface area contributed by atoms with E-state index in [2.05, 4.69) is 30.2 Å². The molecule has 0 spiro atoms. The van der Waals surface area contributed by atoms with Crippen LogP contribution in [0, 0.1) is 6.92 Å². The molecule has 6 N–H and O–H groups in total. The van der Waals surface area contributed by atoms with Gasteiger partial charge in [-0.05, 0) is 43.9 Å². The number of nitrogens with two attached hydrogens (primary N) is 1. The van der Waals surface area contributed by atoms with Crippen molar-refractivity contribution >= 4 is 11.7 Å². The second-order valence-electron chi connectivity index (χ2n) is 9.51. The first-order chi connectivity index (χ1) is 17.4. The zero-order valence-electron chi connectivity index (χ0n) is 20.4. The highest BCUT2D eigenvalue weighted by molar-refractivity contribution is 6.02. The summed E-state index contributed by atoms with van der Waals surface area (Å²) in [4.78, 5) is 31.3. The summed E-state index contributed by atoms with van der Waals surface area (Å²) >= 11 is 0. The molecule has 2 saturated heterocycles. The number of H-pyrrole nitrogens is 1. The molecule has 2 fully saturated rings. The Labute approximate surface area is 209 Å². The molecule has 1 atom stereocenters. The summed E-state index contributed by atoms with van der Waals surface area (Å²) in [5.41, 5.74) is 8.99. The molecule has 0 radical (unpaired) electrons. The fourth-order valence-electron chi connectivity index (χ4n) is 5.07. The third-order valence-corrected chi connectivity index (χ3v) is 7.11. The Balaban J connectivity index is 1.44. The van der Waals surface area contributed by atoms with Gasteiger partial charge in [-0.2, -0.15) is 5.06 Å². The van der Waals surface area contributed by atoms with Gasteiger partial charge < -0.3 is 31.2 Å². The van der Waals surface area contributed by atoms with Gasteiger partial charge in [0, 0.05) is 69.0 Å². The molecule has 11 nitrogen and oxygen atoms in total. The minimum atomic E-state index is -1.17. The van der Waals surface area contributed by atoms with E-state index < -0.39 is 11.5 Å². The number of piperazine rings is 1. The number of aliphatic hydroxyl groups is 1. The molecule has 0 aliphatic carbocycles. The predicted molar refractivity (Wildman–Crippen MR) is 134 cm³/mol. The molecule has 1 amide bonds. The second kappa shape index (κ2) is 9.94. The van der Waals surface area contributed by atoms with Crippen molar-refractivity contribution in [3.63, 3.8) is 0 Å². The highest BCUT2D eigenvalue weighted by Crippen LogP contribution is 2.34. The van der Waals surface area contributed by atoms with Gasteiger partial charge in [-0.1, -0.05) is 0 Å². The molecule has 190 valence electrons. The summed E-state index contributed by atoms with van der Waals surface area (Å²) in [7, 11) is 0. The number of hydrogen-bond acceptors (Lipinski definition) is 9. The lowest BCUT2D eigenvalue weighted by Crippen LogP contribution is -2.44. The third-order valence-electron chi connectivity index (χ3n) is 7.11. The van der Waals surface area contributed by atoms with Crippen LogP contribution in [0.15, 0.2) is 30.7 Å². The first kappa shape index (κ1) is 24.3. The number of anilines is 1. The number of carbonyl (C=O) groups excluding carboxylic acids is 1. The van der Waals surface area contributed by atoms with Crippen LogP contribution in [0.1, 0.15) is 41.0 Å². The zero-order chi connectivity index (χ0) is 25.3. The number of primary amides is 1. The van der Waals surface area contributed by atoms with Crippen molar-refractivity contribution in [3.05, 3.63) is 47.7 Å². The zero-order valence-corrected chi connectivity index (χ0v) is 20.4. The van der Waals surface area contributed by atoms with Crippen LogP contribution in [0.5, 0.6) is 0 Å². The molecule has 2 aliphatic heterocycles. The van der Waals surface area contributed by atoms with Crippen molar-refractivity contribution in [2.75, 3.05) is 44.2 Å². The van der Waals surface area contributed by atoms with Crippen molar-refractivity contribution < 1.29 is 15.1 Å². The van der Waals surface area contributed by atoms with Crippen LogP contribution in [-0.4, -0.2) is 80.5 Å². The van der Waals surface area contributed by atoms with Crippen LogP contribution in [0.4, 0.5) is 5.82 Å². The largest absolute Gasteiger partial charge is 0.382 e. The molecule has 5 heterocycles. The number of carbonyl (C=O) groups is 1.